The average Bonchev–Trinajstić information content (AvgIpc) is 2.55. The van der Waals surface area contributed by atoms with Crippen molar-refractivity contribution in [1.29, 1.82) is 0 Å². The van der Waals surface area contributed by atoms with Crippen molar-refractivity contribution in [3.63, 3.8) is 0 Å². The van der Waals surface area contributed by atoms with E-state index in [9.17, 15) is 9.59 Å². The number of benzene rings is 1. The first-order chi connectivity index (χ1) is 11.2. The van der Waals surface area contributed by atoms with Gasteiger partial charge in [0.25, 0.3) is 0 Å². The Morgan fingerprint density at radius 1 is 1.04 bits per heavy atom. The number of rotatable bonds is 3. The van der Waals surface area contributed by atoms with Crippen molar-refractivity contribution in [3.05, 3.63) is 35.4 Å². The van der Waals surface area contributed by atoms with Crippen LogP contribution in [-0.4, -0.2) is 53.8 Å². The summed E-state index contributed by atoms with van der Waals surface area (Å²) in [6.45, 7) is 10.2. The molecule has 1 atom stereocenters. The molecule has 0 radical (unpaired) electrons. The molecule has 1 aliphatic heterocycles. The highest BCUT2D eigenvalue weighted by atomic mass is 35.5. The molecule has 0 bridgehead atoms. The van der Waals surface area contributed by atoms with Crippen molar-refractivity contribution in [3.8, 4) is 0 Å². The molecule has 140 valence electrons. The van der Waals surface area contributed by atoms with E-state index in [0.29, 0.717) is 32.6 Å². The molecule has 1 fully saturated rings. The third kappa shape index (κ3) is 5.72. The molecular weight excluding hydrogens is 338 g/mol. The molecule has 1 saturated heterocycles. The molecule has 1 aromatic carbocycles. The minimum Gasteiger partial charge on any atom is -0.339 e. The molecule has 0 saturated carbocycles. The third-order valence-corrected chi connectivity index (χ3v) is 4.62. The minimum atomic E-state index is -0.507. The highest BCUT2D eigenvalue weighted by Crippen LogP contribution is 2.20. The fourth-order valence-corrected chi connectivity index (χ4v) is 2.74. The van der Waals surface area contributed by atoms with Crippen LogP contribution in [0.3, 0.4) is 0 Å². The SMILES string of the molecule is Cc1ccc(CC(=O)N2CCN(C(=O)[C@@H](N)C(C)(C)C)CC2)cc1.Cl. The van der Waals surface area contributed by atoms with Gasteiger partial charge in [-0.15, -0.1) is 12.4 Å². The number of halogens is 1. The van der Waals surface area contributed by atoms with Crippen molar-refractivity contribution in [2.75, 3.05) is 26.2 Å². The quantitative estimate of drug-likeness (QED) is 0.888. The molecule has 6 heteroatoms. The average molecular weight is 368 g/mol. The van der Waals surface area contributed by atoms with Crippen molar-refractivity contribution in [2.45, 2.75) is 40.2 Å². The van der Waals surface area contributed by atoms with Crippen LogP contribution < -0.4 is 5.73 Å². The predicted octanol–water partition coefficient (Wildman–Crippen LogP) is 2.00. The van der Waals surface area contributed by atoms with Crippen LogP contribution in [0.4, 0.5) is 0 Å². The van der Waals surface area contributed by atoms with E-state index < -0.39 is 6.04 Å². The lowest BCUT2D eigenvalue weighted by Gasteiger charge is -2.38. The topological polar surface area (TPSA) is 66.6 Å². The molecule has 0 aliphatic carbocycles. The van der Waals surface area contributed by atoms with E-state index in [1.165, 1.54) is 5.56 Å². The van der Waals surface area contributed by atoms with Gasteiger partial charge in [-0.3, -0.25) is 9.59 Å². The Balaban J connectivity index is 0.00000312. The van der Waals surface area contributed by atoms with Gasteiger partial charge in [0.05, 0.1) is 12.5 Å². The second kappa shape index (κ2) is 8.68. The predicted molar refractivity (Wildman–Crippen MR) is 103 cm³/mol. The van der Waals surface area contributed by atoms with Gasteiger partial charge in [0.1, 0.15) is 0 Å². The van der Waals surface area contributed by atoms with E-state index in [4.69, 9.17) is 5.73 Å². The second-order valence-electron chi connectivity index (χ2n) is 7.71. The van der Waals surface area contributed by atoms with Gasteiger partial charge in [-0.05, 0) is 17.9 Å². The fourth-order valence-electron chi connectivity index (χ4n) is 2.74. The summed E-state index contributed by atoms with van der Waals surface area (Å²) >= 11 is 0. The van der Waals surface area contributed by atoms with Gasteiger partial charge in [0, 0.05) is 26.2 Å². The number of piperazine rings is 1. The number of hydrogen-bond donors (Lipinski definition) is 1. The maximum atomic E-state index is 12.4. The molecule has 25 heavy (non-hydrogen) atoms. The summed E-state index contributed by atoms with van der Waals surface area (Å²) in [6.07, 6.45) is 0.412. The van der Waals surface area contributed by atoms with Gasteiger partial charge in [0.15, 0.2) is 0 Å². The molecule has 0 spiro atoms. The van der Waals surface area contributed by atoms with Crippen LogP contribution in [-0.2, 0) is 16.0 Å². The van der Waals surface area contributed by atoms with E-state index in [1.807, 2.05) is 56.9 Å². The highest BCUT2D eigenvalue weighted by molar-refractivity contribution is 5.85. The van der Waals surface area contributed by atoms with Gasteiger partial charge < -0.3 is 15.5 Å². The molecule has 2 N–H and O–H groups in total. The van der Waals surface area contributed by atoms with E-state index in [2.05, 4.69) is 0 Å². The third-order valence-electron chi connectivity index (χ3n) is 4.62. The molecule has 2 rings (SSSR count). The summed E-state index contributed by atoms with van der Waals surface area (Å²) in [7, 11) is 0. The van der Waals surface area contributed by atoms with Crippen LogP contribution in [0.25, 0.3) is 0 Å². The summed E-state index contributed by atoms with van der Waals surface area (Å²) in [5, 5.41) is 0. The number of carbonyl (C=O) groups excluding carboxylic acids is 2. The zero-order valence-corrected chi connectivity index (χ0v) is 16.4. The lowest BCUT2D eigenvalue weighted by atomic mass is 9.86. The number of aryl methyl sites for hydroxylation is 1. The fraction of sp³-hybridized carbons (Fsp3) is 0.579. The maximum Gasteiger partial charge on any atom is 0.240 e. The molecule has 1 aromatic rings. The first-order valence-corrected chi connectivity index (χ1v) is 8.56. The summed E-state index contributed by atoms with van der Waals surface area (Å²) in [6, 6.07) is 7.53. The van der Waals surface area contributed by atoms with Crippen LogP contribution in [0.1, 0.15) is 31.9 Å². The molecule has 1 heterocycles. The van der Waals surface area contributed by atoms with Crippen LogP contribution >= 0.6 is 12.4 Å². The van der Waals surface area contributed by atoms with Gasteiger partial charge in [-0.1, -0.05) is 50.6 Å². The molecular formula is C19H30ClN3O2. The standard InChI is InChI=1S/C19H29N3O2.ClH/c1-14-5-7-15(8-6-14)13-16(23)21-9-11-22(12-10-21)18(24)17(20)19(2,3)4;/h5-8,17H,9-13,20H2,1-4H3;1H/t17-;/m1./s1. The van der Waals surface area contributed by atoms with E-state index in [-0.39, 0.29) is 29.6 Å². The number of carbonyl (C=O) groups is 2. The highest BCUT2D eigenvalue weighted by Gasteiger charge is 2.33. The van der Waals surface area contributed by atoms with Crippen LogP contribution in [0, 0.1) is 12.3 Å². The van der Waals surface area contributed by atoms with Gasteiger partial charge in [-0.2, -0.15) is 0 Å². The summed E-state index contributed by atoms with van der Waals surface area (Å²) in [5.74, 6) is 0.0965. The van der Waals surface area contributed by atoms with Crippen molar-refractivity contribution in [2.24, 2.45) is 11.1 Å². The summed E-state index contributed by atoms with van der Waals surface area (Å²) in [4.78, 5) is 28.5. The van der Waals surface area contributed by atoms with Crippen molar-refractivity contribution < 1.29 is 9.59 Å². The molecule has 0 aromatic heterocycles. The Labute approximate surface area is 157 Å². The Bertz CT molecular complexity index is 588. The minimum absolute atomic E-state index is 0. The first-order valence-electron chi connectivity index (χ1n) is 8.56. The lowest BCUT2D eigenvalue weighted by molar-refractivity contribution is -0.141. The van der Waals surface area contributed by atoms with E-state index in [1.54, 1.807) is 4.90 Å². The Kier molecular flexibility index (Phi) is 7.44. The first kappa shape index (κ1) is 21.5. The zero-order valence-electron chi connectivity index (χ0n) is 15.6. The summed E-state index contributed by atoms with van der Waals surface area (Å²) in [5.41, 5.74) is 8.02. The number of nitrogens with zero attached hydrogens (tertiary/aromatic N) is 2. The Morgan fingerprint density at radius 3 is 2.00 bits per heavy atom. The van der Waals surface area contributed by atoms with Gasteiger partial charge in [-0.25, -0.2) is 0 Å². The van der Waals surface area contributed by atoms with Crippen molar-refractivity contribution in [1.82, 2.24) is 9.80 Å². The number of hydrogen-bond acceptors (Lipinski definition) is 3. The lowest BCUT2D eigenvalue weighted by Crippen LogP contribution is -2.57. The zero-order chi connectivity index (χ0) is 17.9. The monoisotopic (exact) mass is 367 g/mol. The van der Waals surface area contributed by atoms with Gasteiger partial charge in [0.2, 0.25) is 11.8 Å². The van der Waals surface area contributed by atoms with Crippen LogP contribution in [0.5, 0.6) is 0 Å². The molecule has 1 aliphatic rings. The van der Waals surface area contributed by atoms with Crippen LogP contribution in [0.2, 0.25) is 0 Å². The molecule has 5 nitrogen and oxygen atoms in total. The second-order valence-corrected chi connectivity index (χ2v) is 7.71. The Morgan fingerprint density at radius 2 is 1.52 bits per heavy atom. The number of amides is 2. The molecule has 0 unspecified atom stereocenters. The Hall–Kier alpha value is -1.59. The van der Waals surface area contributed by atoms with E-state index >= 15 is 0 Å². The maximum absolute atomic E-state index is 12.4. The number of nitrogens with two attached hydrogens (primary N) is 1. The smallest absolute Gasteiger partial charge is 0.240 e. The van der Waals surface area contributed by atoms with Gasteiger partial charge >= 0.3 is 0 Å². The summed E-state index contributed by atoms with van der Waals surface area (Å²) < 4.78 is 0. The van der Waals surface area contributed by atoms with Crippen LogP contribution in [0.15, 0.2) is 24.3 Å². The van der Waals surface area contributed by atoms with E-state index in [0.717, 1.165) is 5.56 Å². The molecule has 2 amide bonds. The largest absolute Gasteiger partial charge is 0.339 e. The van der Waals surface area contributed by atoms with Crippen molar-refractivity contribution >= 4 is 24.2 Å². The normalized spacial score (nSPS) is 16.2.